The van der Waals surface area contributed by atoms with E-state index in [-0.39, 0.29) is 11.6 Å². The van der Waals surface area contributed by atoms with Gasteiger partial charge in [0.2, 0.25) is 5.91 Å². The van der Waals surface area contributed by atoms with Gasteiger partial charge in [-0.1, -0.05) is 57.2 Å². The van der Waals surface area contributed by atoms with Gasteiger partial charge in [0, 0.05) is 16.4 Å². The smallest absolute Gasteiger partial charge is 0.229 e. The first kappa shape index (κ1) is 16.1. The minimum atomic E-state index is -0.539. The average molecular weight is 322 g/mol. The van der Waals surface area contributed by atoms with Crippen LogP contribution in [0.5, 0.6) is 0 Å². The van der Waals surface area contributed by atoms with E-state index >= 15 is 0 Å². The lowest BCUT2D eigenvalue weighted by Crippen LogP contribution is -2.27. The van der Waals surface area contributed by atoms with Crippen LogP contribution in [-0.2, 0) is 4.79 Å². The van der Waals surface area contributed by atoms with Crippen LogP contribution in [0.15, 0.2) is 54.6 Å². The molecule has 0 fully saturated rings. The van der Waals surface area contributed by atoms with E-state index in [1.54, 1.807) is 24.3 Å². The van der Waals surface area contributed by atoms with Crippen molar-refractivity contribution in [1.82, 2.24) is 4.98 Å². The van der Waals surface area contributed by atoms with Gasteiger partial charge in [-0.2, -0.15) is 0 Å². The van der Waals surface area contributed by atoms with Crippen molar-refractivity contribution >= 4 is 22.5 Å². The number of carbonyl (C=O) groups is 1. The fourth-order valence-corrected chi connectivity index (χ4v) is 2.39. The summed E-state index contributed by atoms with van der Waals surface area (Å²) in [5.41, 5.74) is 1.53. The number of amides is 1. The second-order valence-corrected chi connectivity index (χ2v) is 6.76. The highest BCUT2D eigenvalue weighted by Crippen LogP contribution is 2.31. The Hall–Kier alpha value is -2.75. The topological polar surface area (TPSA) is 42.0 Å². The van der Waals surface area contributed by atoms with Gasteiger partial charge in [-0.3, -0.25) is 4.79 Å². The Kier molecular flexibility index (Phi) is 4.06. The van der Waals surface area contributed by atoms with Gasteiger partial charge in [0.25, 0.3) is 0 Å². The number of hydrogen-bond donors (Lipinski definition) is 1. The summed E-state index contributed by atoms with van der Waals surface area (Å²) in [6, 6.07) is 16.0. The van der Waals surface area contributed by atoms with Gasteiger partial charge in [-0.05, 0) is 18.2 Å². The van der Waals surface area contributed by atoms with Crippen LogP contribution >= 0.6 is 0 Å². The Balaban J connectivity index is 2.10. The number of carbonyl (C=O) groups excluding carboxylic acids is 1. The molecule has 0 radical (unpaired) electrons. The number of nitrogens with one attached hydrogen (secondary N) is 1. The predicted molar refractivity (Wildman–Crippen MR) is 95.2 cm³/mol. The maximum atomic E-state index is 14.6. The lowest BCUT2D eigenvalue weighted by atomic mass is 9.95. The molecule has 0 atom stereocenters. The molecule has 0 saturated heterocycles. The Labute approximate surface area is 140 Å². The Morgan fingerprint density at radius 2 is 1.71 bits per heavy atom. The van der Waals surface area contributed by atoms with Crippen LogP contribution in [0.3, 0.4) is 0 Å². The SMILES string of the molecule is CC(C)(C)C(=O)Nc1ccccc1-c1nc2ccccc2cc1F. The van der Waals surface area contributed by atoms with Crippen molar-refractivity contribution in [3.05, 3.63) is 60.4 Å². The first-order chi connectivity index (χ1) is 11.4. The van der Waals surface area contributed by atoms with Gasteiger partial charge in [0.1, 0.15) is 11.5 Å². The van der Waals surface area contributed by atoms with E-state index in [1.165, 1.54) is 6.07 Å². The first-order valence-electron chi connectivity index (χ1n) is 7.82. The van der Waals surface area contributed by atoms with Crippen molar-refractivity contribution in [2.24, 2.45) is 5.41 Å². The number of benzene rings is 2. The molecular formula is C20H19FN2O. The van der Waals surface area contributed by atoms with Crippen molar-refractivity contribution in [2.75, 3.05) is 5.32 Å². The third-order valence-electron chi connectivity index (χ3n) is 3.79. The number of pyridine rings is 1. The summed E-state index contributed by atoms with van der Waals surface area (Å²) in [7, 11) is 0. The first-order valence-corrected chi connectivity index (χ1v) is 7.82. The number of rotatable bonds is 2. The van der Waals surface area contributed by atoms with E-state index in [0.717, 1.165) is 5.39 Å². The Morgan fingerprint density at radius 1 is 1.04 bits per heavy atom. The minimum Gasteiger partial charge on any atom is -0.325 e. The number of hydrogen-bond acceptors (Lipinski definition) is 2. The third kappa shape index (κ3) is 3.13. The second kappa shape index (κ2) is 6.04. The molecule has 3 rings (SSSR count). The van der Waals surface area contributed by atoms with Crippen LogP contribution < -0.4 is 5.32 Å². The van der Waals surface area contributed by atoms with Crippen LogP contribution in [0.1, 0.15) is 20.8 Å². The molecule has 0 aliphatic heterocycles. The molecule has 0 saturated carbocycles. The van der Waals surface area contributed by atoms with E-state index < -0.39 is 11.2 Å². The zero-order chi connectivity index (χ0) is 17.3. The van der Waals surface area contributed by atoms with Crippen molar-refractivity contribution < 1.29 is 9.18 Å². The Bertz CT molecular complexity index is 913. The normalized spacial score (nSPS) is 11.5. The fraction of sp³-hybridized carbons (Fsp3) is 0.200. The van der Waals surface area contributed by atoms with Gasteiger partial charge in [0.15, 0.2) is 0 Å². The van der Waals surface area contributed by atoms with Gasteiger partial charge in [-0.25, -0.2) is 9.37 Å². The molecule has 3 nitrogen and oxygen atoms in total. The van der Waals surface area contributed by atoms with Crippen LogP contribution in [0, 0.1) is 11.2 Å². The summed E-state index contributed by atoms with van der Waals surface area (Å²) in [6.07, 6.45) is 0. The third-order valence-corrected chi connectivity index (χ3v) is 3.79. The van der Waals surface area contributed by atoms with Crippen LogP contribution in [0.4, 0.5) is 10.1 Å². The average Bonchev–Trinajstić information content (AvgIpc) is 2.54. The zero-order valence-electron chi connectivity index (χ0n) is 13.9. The molecular weight excluding hydrogens is 303 g/mol. The van der Waals surface area contributed by atoms with Gasteiger partial charge < -0.3 is 5.32 Å². The van der Waals surface area contributed by atoms with E-state index in [4.69, 9.17) is 0 Å². The molecule has 1 N–H and O–H groups in total. The van der Waals surface area contributed by atoms with Crippen molar-refractivity contribution in [3.63, 3.8) is 0 Å². The Morgan fingerprint density at radius 3 is 2.46 bits per heavy atom. The molecule has 0 spiro atoms. The second-order valence-electron chi connectivity index (χ2n) is 6.76. The van der Waals surface area contributed by atoms with E-state index in [0.29, 0.717) is 16.8 Å². The van der Waals surface area contributed by atoms with Crippen molar-refractivity contribution in [2.45, 2.75) is 20.8 Å². The van der Waals surface area contributed by atoms with Gasteiger partial charge >= 0.3 is 0 Å². The maximum Gasteiger partial charge on any atom is 0.229 e. The number of halogens is 1. The van der Waals surface area contributed by atoms with E-state index in [1.807, 2.05) is 45.0 Å². The molecule has 0 unspecified atom stereocenters. The van der Waals surface area contributed by atoms with Crippen LogP contribution in [-0.4, -0.2) is 10.9 Å². The molecule has 24 heavy (non-hydrogen) atoms. The van der Waals surface area contributed by atoms with E-state index in [2.05, 4.69) is 10.3 Å². The van der Waals surface area contributed by atoms with Crippen LogP contribution in [0.2, 0.25) is 0 Å². The lowest BCUT2D eigenvalue weighted by molar-refractivity contribution is -0.123. The molecule has 2 aromatic carbocycles. The highest BCUT2D eigenvalue weighted by Gasteiger charge is 2.23. The van der Waals surface area contributed by atoms with Gasteiger partial charge in [-0.15, -0.1) is 0 Å². The number of nitrogens with zero attached hydrogens (tertiary/aromatic N) is 1. The summed E-state index contributed by atoms with van der Waals surface area (Å²) in [5.74, 6) is -0.540. The largest absolute Gasteiger partial charge is 0.325 e. The molecule has 0 aliphatic rings. The molecule has 1 aromatic heterocycles. The summed E-state index contributed by atoms with van der Waals surface area (Å²) in [4.78, 5) is 16.7. The number of para-hydroxylation sites is 2. The summed E-state index contributed by atoms with van der Waals surface area (Å²) >= 11 is 0. The maximum absolute atomic E-state index is 14.6. The molecule has 4 heteroatoms. The molecule has 1 amide bonds. The highest BCUT2D eigenvalue weighted by molar-refractivity contribution is 5.98. The fourth-order valence-electron chi connectivity index (χ4n) is 2.39. The highest BCUT2D eigenvalue weighted by atomic mass is 19.1. The quantitative estimate of drug-likeness (QED) is 0.719. The number of anilines is 1. The molecule has 3 aromatic rings. The monoisotopic (exact) mass is 322 g/mol. The standard InChI is InChI=1S/C20H19FN2O/c1-20(2,3)19(24)23-17-11-7-5-9-14(17)18-15(21)12-13-8-4-6-10-16(13)22-18/h4-12H,1-3H3,(H,23,24). The molecule has 122 valence electrons. The van der Waals surface area contributed by atoms with E-state index in [9.17, 15) is 9.18 Å². The summed E-state index contributed by atoms with van der Waals surface area (Å²) < 4.78 is 14.6. The van der Waals surface area contributed by atoms with Crippen molar-refractivity contribution in [1.29, 1.82) is 0 Å². The molecule has 0 bridgehead atoms. The summed E-state index contributed by atoms with van der Waals surface area (Å²) in [5, 5.41) is 3.62. The molecule has 1 heterocycles. The van der Waals surface area contributed by atoms with Gasteiger partial charge in [0.05, 0.1) is 11.2 Å². The minimum absolute atomic E-state index is 0.129. The lowest BCUT2D eigenvalue weighted by Gasteiger charge is -2.19. The zero-order valence-corrected chi connectivity index (χ0v) is 13.9. The molecule has 0 aliphatic carbocycles. The summed E-state index contributed by atoms with van der Waals surface area (Å²) in [6.45, 7) is 5.50. The van der Waals surface area contributed by atoms with Crippen LogP contribution in [0.25, 0.3) is 22.2 Å². The van der Waals surface area contributed by atoms with Crippen molar-refractivity contribution in [3.8, 4) is 11.3 Å². The predicted octanol–water partition coefficient (Wildman–Crippen LogP) is 5.03. The number of fused-ring (bicyclic) bond motifs is 1. The number of aromatic nitrogens is 1.